The van der Waals surface area contributed by atoms with Crippen molar-refractivity contribution in [2.45, 2.75) is 19.3 Å². The average Bonchev–Trinajstić information content (AvgIpc) is 2.78. The van der Waals surface area contributed by atoms with Crippen molar-refractivity contribution in [2.24, 2.45) is 0 Å². The lowest BCUT2D eigenvalue weighted by atomic mass is 10.2. The van der Waals surface area contributed by atoms with Gasteiger partial charge in [-0.1, -0.05) is 12.1 Å². The molecule has 0 bridgehead atoms. The number of aliphatic hydroxyl groups is 1. The van der Waals surface area contributed by atoms with Gasteiger partial charge < -0.3 is 33.6 Å². The molecule has 0 amide bonds. The zero-order chi connectivity index (χ0) is 24.6. The number of carboxylic acid groups (broad SMARTS) is 2. The van der Waals surface area contributed by atoms with Crippen LogP contribution in [0.2, 0.25) is 0 Å². The number of aromatic carboxylic acids is 2. The molecule has 34 heavy (non-hydrogen) atoms. The number of hydrogen-bond acceptors (Lipinski definition) is 9. The number of benzene rings is 2. The van der Waals surface area contributed by atoms with E-state index >= 15 is 0 Å². The van der Waals surface area contributed by atoms with Crippen LogP contribution in [0.1, 0.15) is 28.0 Å². The third-order valence-electron chi connectivity index (χ3n) is 4.73. The predicted octanol–water partition coefficient (Wildman–Crippen LogP) is 2.46. The molecule has 0 aliphatic rings. The van der Waals surface area contributed by atoms with Gasteiger partial charge in [0.2, 0.25) is 11.5 Å². The van der Waals surface area contributed by atoms with E-state index in [1.54, 1.807) is 0 Å². The molecule has 0 aliphatic heterocycles. The van der Waals surface area contributed by atoms with Gasteiger partial charge in [-0.05, 0) is 31.2 Å². The number of aliphatic hydroxyl groups excluding tert-OH is 1. The first-order valence-corrected chi connectivity index (χ1v) is 9.77. The molecular formula is C23H16O11. The van der Waals surface area contributed by atoms with Gasteiger partial charge in [-0.3, -0.25) is 9.59 Å². The molecule has 0 spiro atoms. The van der Waals surface area contributed by atoms with Gasteiger partial charge in [-0.15, -0.1) is 0 Å². The molecular weight excluding hydrogens is 452 g/mol. The summed E-state index contributed by atoms with van der Waals surface area (Å²) in [5, 5.41) is 28.3. The molecule has 174 valence electrons. The highest BCUT2D eigenvalue weighted by atomic mass is 16.7. The lowest BCUT2D eigenvalue weighted by molar-refractivity contribution is -0.0763. The zero-order valence-corrected chi connectivity index (χ0v) is 17.4. The van der Waals surface area contributed by atoms with Crippen molar-refractivity contribution < 1.29 is 43.2 Å². The number of hydrogen-bond donors (Lipinski definition) is 3. The minimum atomic E-state index is -1.44. The second-order valence-corrected chi connectivity index (χ2v) is 7.16. The first-order chi connectivity index (χ1) is 16.2. The van der Waals surface area contributed by atoms with Crippen molar-refractivity contribution >= 4 is 33.9 Å². The standard InChI is InChI=1S/C23H16O11/c1-10(24)23(33-15-6-2-4-13-19(15)11(25)8-17(31-13)21(27)28)34-16-7-3-5-14-20(16)12(26)9-18(32-14)22(29)30/h2-10,23-24H,1H3,(H,27,28)(H,29,30). The Kier molecular flexibility index (Phi) is 5.78. The van der Waals surface area contributed by atoms with Gasteiger partial charge in [0.25, 0.3) is 6.29 Å². The van der Waals surface area contributed by atoms with E-state index < -0.39 is 46.7 Å². The molecule has 2 aromatic heterocycles. The Morgan fingerprint density at radius 3 is 1.56 bits per heavy atom. The van der Waals surface area contributed by atoms with E-state index in [0.29, 0.717) is 0 Å². The Bertz CT molecular complexity index is 1430. The van der Waals surface area contributed by atoms with Gasteiger partial charge in [0.15, 0.2) is 10.9 Å². The summed E-state index contributed by atoms with van der Waals surface area (Å²) >= 11 is 0. The number of ether oxygens (including phenoxy) is 2. The van der Waals surface area contributed by atoms with E-state index in [0.717, 1.165) is 12.1 Å². The predicted molar refractivity (Wildman–Crippen MR) is 116 cm³/mol. The first-order valence-electron chi connectivity index (χ1n) is 9.77. The fourth-order valence-corrected chi connectivity index (χ4v) is 3.23. The summed E-state index contributed by atoms with van der Waals surface area (Å²) in [5.74, 6) is -4.07. The smallest absolute Gasteiger partial charge is 0.371 e. The first kappa shape index (κ1) is 22.6. The molecule has 0 fully saturated rings. The molecule has 0 radical (unpaired) electrons. The van der Waals surface area contributed by atoms with Gasteiger partial charge >= 0.3 is 11.9 Å². The van der Waals surface area contributed by atoms with Crippen molar-refractivity contribution in [3.05, 3.63) is 80.5 Å². The summed E-state index contributed by atoms with van der Waals surface area (Å²) in [4.78, 5) is 47.4. The maximum Gasteiger partial charge on any atom is 0.371 e. The van der Waals surface area contributed by atoms with Crippen LogP contribution in [-0.2, 0) is 0 Å². The van der Waals surface area contributed by atoms with E-state index in [4.69, 9.17) is 28.5 Å². The van der Waals surface area contributed by atoms with Crippen LogP contribution in [0.15, 0.2) is 67.0 Å². The molecule has 2 heterocycles. The topological polar surface area (TPSA) is 174 Å². The van der Waals surface area contributed by atoms with Crippen molar-refractivity contribution in [1.82, 2.24) is 0 Å². The van der Waals surface area contributed by atoms with Crippen LogP contribution in [0.5, 0.6) is 11.5 Å². The molecule has 0 aliphatic carbocycles. The quantitative estimate of drug-likeness (QED) is 0.340. The molecule has 3 N–H and O–H groups in total. The monoisotopic (exact) mass is 468 g/mol. The summed E-state index contributed by atoms with van der Waals surface area (Å²) in [6.07, 6.45) is -2.71. The second kappa shape index (κ2) is 8.71. The van der Waals surface area contributed by atoms with Crippen molar-refractivity contribution in [1.29, 1.82) is 0 Å². The Morgan fingerprint density at radius 2 is 1.21 bits per heavy atom. The molecule has 1 atom stereocenters. The highest BCUT2D eigenvalue weighted by Gasteiger charge is 2.24. The largest absolute Gasteiger partial charge is 0.475 e. The van der Waals surface area contributed by atoms with Crippen LogP contribution < -0.4 is 20.3 Å². The molecule has 4 rings (SSSR count). The highest BCUT2D eigenvalue weighted by Crippen LogP contribution is 2.28. The van der Waals surface area contributed by atoms with E-state index in [1.165, 1.54) is 43.3 Å². The van der Waals surface area contributed by atoms with Gasteiger partial charge in [0, 0.05) is 12.1 Å². The van der Waals surface area contributed by atoms with E-state index in [2.05, 4.69) is 0 Å². The maximum atomic E-state index is 12.5. The minimum absolute atomic E-state index is 0.0567. The van der Waals surface area contributed by atoms with Crippen LogP contribution in [0, 0.1) is 0 Å². The van der Waals surface area contributed by atoms with Crippen molar-refractivity contribution in [3.63, 3.8) is 0 Å². The molecule has 11 nitrogen and oxygen atoms in total. The van der Waals surface area contributed by atoms with Crippen molar-refractivity contribution in [2.75, 3.05) is 0 Å². The summed E-state index contributed by atoms with van der Waals surface area (Å²) in [6.45, 7) is 1.34. The van der Waals surface area contributed by atoms with Gasteiger partial charge in [0.05, 0.1) is 0 Å². The fraction of sp³-hybridized carbons (Fsp3) is 0.130. The SMILES string of the molecule is CC(O)C(Oc1cccc2oc(C(=O)O)cc(=O)c12)Oc1cccc2oc(C(=O)O)cc(=O)c12. The molecule has 4 aromatic rings. The summed E-state index contributed by atoms with van der Waals surface area (Å²) in [6, 6.07) is 10.0. The van der Waals surface area contributed by atoms with Crippen LogP contribution in [-0.4, -0.2) is 39.7 Å². The maximum absolute atomic E-state index is 12.5. The summed E-state index contributed by atoms with van der Waals surface area (Å²) in [5.41, 5.74) is -1.49. The van der Waals surface area contributed by atoms with Crippen LogP contribution in [0.25, 0.3) is 21.9 Å². The Hall–Kier alpha value is -4.64. The molecule has 1 unspecified atom stereocenters. The normalized spacial score (nSPS) is 12.1. The number of rotatable bonds is 7. The molecule has 0 saturated carbocycles. The van der Waals surface area contributed by atoms with Gasteiger partial charge in [0.1, 0.15) is 39.5 Å². The molecule has 11 heteroatoms. The number of carboxylic acids is 2. The van der Waals surface area contributed by atoms with E-state index in [-0.39, 0.29) is 33.4 Å². The third-order valence-corrected chi connectivity index (χ3v) is 4.73. The molecule has 2 aromatic carbocycles. The molecule has 0 saturated heterocycles. The highest BCUT2D eigenvalue weighted by molar-refractivity contribution is 5.90. The number of carbonyl (C=O) groups is 2. The van der Waals surface area contributed by atoms with Crippen molar-refractivity contribution in [3.8, 4) is 11.5 Å². The van der Waals surface area contributed by atoms with Gasteiger partial charge in [-0.25, -0.2) is 9.59 Å². The van der Waals surface area contributed by atoms with E-state index in [9.17, 15) is 24.3 Å². The fourth-order valence-electron chi connectivity index (χ4n) is 3.23. The van der Waals surface area contributed by atoms with Crippen LogP contribution in [0.4, 0.5) is 0 Å². The Balaban J connectivity index is 1.76. The Labute approximate surface area is 189 Å². The Morgan fingerprint density at radius 1 is 0.794 bits per heavy atom. The number of fused-ring (bicyclic) bond motifs is 2. The average molecular weight is 468 g/mol. The van der Waals surface area contributed by atoms with Crippen LogP contribution >= 0.6 is 0 Å². The lowest BCUT2D eigenvalue weighted by Crippen LogP contribution is -2.35. The summed E-state index contributed by atoms with van der Waals surface area (Å²) < 4.78 is 21.9. The van der Waals surface area contributed by atoms with Gasteiger partial charge in [-0.2, -0.15) is 0 Å². The van der Waals surface area contributed by atoms with Crippen LogP contribution in [0.3, 0.4) is 0 Å². The van der Waals surface area contributed by atoms with E-state index in [1.807, 2.05) is 0 Å². The minimum Gasteiger partial charge on any atom is -0.475 e. The third kappa shape index (κ3) is 4.19. The second-order valence-electron chi connectivity index (χ2n) is 7.16. The lowest BCUT2D eigenvalue weighted by Gasteiger charge is -2.23. The summed E-state index contributed by atoms with van der Waals surface area (Å²) in [7, 11) is 0. The zero-order valence-electron chi connectivity index (χ0n) is 17.4.